The van der Waals surface area contributed by atoms with Crippen molar-refractivity contribution >= 4 is 50.2 Å². The van der Waals surface area contributed by atoms with E-state index in [2.05, 4.69) is 38.7 Å². The molecule has 1 aliphatic heterocycles. The van der Waals surface area contributed by atoms with Crippen LogP contribution in [-0.2, 0) is 11.3 Å². The average molecular weight is 481 g/mol. The van der Waals surface area contributed by atoms with Crippen molar-refractivity contribution in [1.82, 2.24) is 9.55 Å². The number of aromatic nitrogens is 2. The van der Waals surface area contributed by atoms with Gasteiger partial charge in [-0.15, -0.1) is 0 Å². The molecule has 2 heterocycles. The molecule has 1 unspecified atom stereocenters. The quantitative estimate of drug-likeness (QED) is 0.358. The Labute approximate surface area is 188 Å². The first-order chi connectivity index (χ1) is 14.6. The fourth-order valence-electron chi connectivity index (χ4n) is 4.14. The molecular weight excluding hydrogens is 462 g/mol. The molecule has 1 aromatic heterocycles. The van der Waals surface area contributed by atoms with Gasteiger partial charge in [-0.2, -0.15) is 0 Å². The molecule has 1 amide bonds. The van der Waals surface area contributed by atoms with Crippen molar-refractivity contribution in [3.63, 3.8) is 0 Å². The molecule has 3 aromatic carbocycles. The van der Waals surface area contributed by atoms with Gasteiger partial charge in [-0.05, 0) is 54.1 Å². The highest BCUT2D eigenvalue weighted by atomic mass is 79.9. The molecule has 150 valence electrons. The number of fused-ring (bicyclic) bond motifs is 1. The summed E-state index contributed by atoms with van der Waals surface area (Å²) in [5.74, 6) is 1.11. The zero-order chi connectivity index (χ0) is 20.7. The summed E-state index contributed by atoms with van der Waals surface area (Å²) in [7, 11) is 0. The van der Waals surface area contributed by atoms with Crippen molar-refractivity contribution < 1.29 is 4.79 Å². The number of anilines is 1. The summed E-state index contributed by atoms with van der Waals surface area (Å²) < 4.78 is 3.30. The van der Waals surface area contributed by atoms with Crippen LogP contribution in [0.15, 0.2) is 77.3 Å². The minimum Gasteiger partial charge on any atom is -0.323 e. The van der Waals surface area contributed by atoms with Gasteiger partial charge in [0.1, 0.15) is 5.82 Å². The van der Waals surface area contributed by atoms with Gasteiger partial charge < -0.3 is 9.47 Å². The van der Waals surface area contributed by atoms with Crippen molar-refractivity contribution in [3.05, 3.63) is 93.7 Å². The van der Waals surface area contributed by atoms with Crippen LogP contribution in [0, 0.1) is 0 Å². The zero-order valence-corrected chi connectivity index (χ0v) is 18.5. The Kier molecular flexibility index (Phi) is 5.09. The Hall–Kier alpha value is -2.63. The summed E-state index contributed by atoms with van der Waals surface area (Å²) >= 11 is 9.58. The van der Waals surface area contributed by atoms with Crippen molar-refractivity contribution in [2.24, 2.45) is 0 Å². The van der Waals surface area contributed by atoms with Gasteiger partial charge in [0, 0.05) is 40.6 Å². The molecule has 0 bridgehead atoms. The highest BCUT2D eigenvalue weighted by Crippen LogP contribution is 2.34. The number of carbonyl (C=O) groups is 1. The van der Waals surface area contributed by atoms with Crippen LogP contribution in [0.25, 0.3) is 11.0 Å². The van der Waals surface area contributed by atoms with Gasteiger partial charge in [0.2, 0.25) is 5.91 Å². The van der Waals surface area contributed by atoms with Crippen LogP contribution in [0.2, 0.25) is 5.02 Å². The Bertz CT molecular complexity index is 1230. The lowest BCUT2D eigenvalue weighted by Crippen LogP contribution is -2.24. The maximum absolute atomic E-state index is 12.8. The summed E-state index contributed by atoms with van der Waals surface area (Å²) in [6.07, 6.45) is 0.449. The topological polar surface area (TPSA) is 38.1 Å². The second-order valence-electron chi connectivity index (χ2n) is 7.56. The molecule has 0 spiro atoms. The second kappa shape index (κ2) is 7.89. The van der Waals surface area contributed by atoms with Crippen LogP contribution in [0.4, 0.5) is 5.69 Å². The first-order valence-corrected chi connectivity index (χ1v) is 11.0. The molecule has 0 aliphatic carbocycles. The van der Waals surface area contributed by atoms with Gasteiger partial charge in [0.15, 0.2) is 0 Å². The van der Waals surface area contributed by atoms with E-state index in [9.17, 15) is 4.79 Å². The molecule has 4 nitrogen and oxygen atoms in total. The fraction of sp³-hybridized carbons (Fsp3) is 0.167. The summed E-state index contributed by atoms with van der Waals surface area (Å²) in [5.41, 5.74) is 4.11. The number of benzene rings is 3. The maximum atomic E-state index is 12.8. The van der Waals surface area contributed by atoms with Gasteiger partial charge >= 0.3 is 0 Å². The van der Waals surface area contributed by atoms with Crippen molar-refractivity contribution in [2.45, 2.75) is 18.9 Å². The van der Waals surface area contributed by atoms with Gasteiger partial charge in [0.25, 0.3) is 0 Å². The highest BCUT2D eigenvalue weighted by Gasteiger charge is 2.34. The van der Waals surface area contributed by atoms with Gasteiger partial charge in [0.05, 0.1) is 11.0 Å². The van der Waals surface area contributed by atoms with E-state index in [0.29, 0.717) is 24.5 Å². The molecule has 5 rings (SSSR count). The molecule has 4 aromatic rings. The number of carbonyl (C=O) groups excluding carboxylic acids is 1. The van der Waals surface area contributed by atoms with E-state index in [1.807, 2.05) is 59.5 Å². The Balaban J connectivity index is 1.52. The standard InChI is InChI=1S/C24H19BrClN3O/c25-18-5-3-4-16(12-18)14-29-22-7-2-1-6-21(22)27-24(29)17-13-23(30)28(15-17)20-10-8-19(26)9-11-20/h1-12,17H,13-15H2. The normalized spacial score (nSPS) is 16.5. The molecule has 0 radical (unpaired) electrons. The minimum absolute atomic E-state index is 0.0349. The van der Waals surface area contributed by atoms with Crippen LogP contribution >= 0.6 is 27.5 Å². The summed E-state index contributed by atoms with van der Waals surface area (Å²) in [5, 5.41) is 0.665. The molecule has 1 fully saturated rings. The Morgan fingerprint density at radius 2 is 1.83 bits per heavy atom. The number of halogens is 2. The second-order valence-corrected chi connectivity index (χ2v) is 8.91. The highest BCUT2D eigenvalue weighted by molar-refractivity contribution is 9.10. The van der Waals surface area contributed by atoms with E-state index in [1.54, 1.807) is 0 Å². The van der Waals surface area contributed by atoms with Gasteiger partial charge in [-0.1, -0.05) is 51.8 Å². The van der Waals surface area contributed by atoms with Crippen LogP contribution < -0.4 is 4.90 Å². The third kappa shape index (κ3) is 3.64. The fourth-order valence-corrected chi connectivity index (χ4v) is 4.71. The molecule has 1 atom stereocenters. The predicted molar refractivity (Wildman–Crippen MR) is 124 cm³/mol. The molecule has 0 saturated carbocycles. The number of nitrogens with zero attached hydrogens (tertiary/aromatic N) is 3. The lowest BCUT2D eigenvalue weighted by molar-refractivity contribution is -0.117. The average Bonchev–Trinajstić information content (AvgIpc) is 3.30. The van der Waals surface area contributed by atoms with Crippen molar-refractivity contribution in [1.29, 1.82) is 0 Å². The minimum atomic E-state index is 0.0349. The largest absolute Gasteiger partial charge is 0.323 e. The van der Waals surface area contributed by atoms with E-state index in [-0.39, 0.29) is 11.8 Å². The Morgan fingerprint density at radius 3 is 2.63 bits per heavy atom. The molecule has 6 heteroatoms. The number of hydrogen-bond acceptors (Lipinski definition) is 2. The van der Waals surface area contributed by atoms with E-state index in [1.165, 1.54) is 5.56 Å². The summed E-state index contributed by atoms with van der Waals surface area (Å²) in [6.45, 7) is 1.32. The van der Waals surface area contributed by atoms with Crippen LogP contribution in [0.5, 0.6) is 0 Å². The monoisotopic (exact) mass is 479 g/mol. The molecule has 0 N–H and O–H groups in total. The number of para-hydroxylation sites is 2. The number of rotatable bonds is 4. The van der Waals surface area contributed by atoms with Crippen LogP contribution in [0.3, 0.4) is 0 Å². The predicted octanol–water partition coefficient (Wildman–Crippen LogP) is 6.02. The smallest absolute Gasteiger partial charge is 0.227 e. The number of hydrogen-bond donors (Lipinski definition) is 0. The van der Waals surface area contributed by atoms with E-state index < -0.39 is 0 Å². The SMILES string of the molecule is O=C1CC(c2nc3ccccc3n2Cc2cccc(Br)c2)CN1c1ccc(Cl)cc1. The van der Waals surface area contributed by atoms with E-state index in [4.69, 9.17) is 16.6 Å². The first-order valence-electron chi connectivity index (χ1n) is 9.84. The lowest BCUT2D eigenvalue weighted by atomic mass is 10.1. The summed E-state index contributed by atoms with van der Waals surface area (Å²) in [6, 6.07) is 23.9. The zero-order valence-electron chi connectivity index (χ0n) is 16.1. The summed E-state index contributed by atoms with van der Waals surface area (Å²) in [4.78, 5) is 19.6. The van der Waals surface area contributed by atoms with Gasteiger partial charge in [-0.25, -0.2) is 4.98 Å². The van der Waals surface area contributed by atoms with E-state index >= 15 is 0 Å². The number of amides is 1. The van der Waals surface area contributed by atoms with Crippen LogP contribution in [-0.4, -0.2) is 22.0 Å². The molecule has 1 aliphatic rings. The third-order valence-corrected chi connectivity index (χ3v) is 6.29. The molecule has 1 saturated heterocycles. The lowest BCUT2D eigenvalue weighted by Gasteiger charge is -2.17. The van der Waals surface area contributed by atoms with E-state index in [0.717, 1.165) is 27.0 Å². The van der Waals surface area contributed by atoms with Crippen molar-refractivity contribution in [2.75, 3.05) is 11.4 Å². The van der Waals surface area contributed by atoms with Crippen molar-refractivity contribution in [3.8, 4) is 0 Å². The molecule has 30 heavy (non-hydrogen) atoms. The number of imidazole rings is 1. The van der Waals surface area contributed by atoms with Gasteiger partial charge in [-0.3, -0.25) is 4.79 Å². The molecular formula is C24H19BrClN3O. The first kappa shape index (κ1) is 19.3. The maximum Gasteiger partial charge on any atom is 0.227 e. The Morgan fingerprint density at radius 1 is 1.03 bits per heavy atom. The van der Waals surface area contributed by atoms with Crippen LogP contribution in [0.1, 0.15) is 23.7 Å². The third-order valence-electron chi connectivity index (χ3n) is 5.54.